The van der Waals surface area contributed by atoms with Gasteiger partial charge in [-0.05, 0) is 61.7 Å². The summed E-state index contributed by atoms with van der Waals surface area (Å²) in [5.74, 6) is 6.86. The van der Waals surface area contributed by atoms with Crippen LogP contribution < -0.4 is 0 Å². The molecule has 180 valence electrons. The molecule has 4 aliphatic rings. The van der Waals surface area contributed by atoms with Crippen LogP contribution in [0.4, 0.5) is 0 Å². The molecule has 0 N–H and O–H groups in total. The highest BCUT2D eigenvalue weighted by Gasteiger charge is 2.70. The van der Waals surface area contributed by atoms with E-state index in [0.717, 1.165) is 38.5 Å². The molecule has 0 radical (unpaired) electrons. The van der Waals surface area contributed by atoms with Crippen molar-refractivity contribution < 1.29 is 19.1 Å². The van der Waals surface area contributed by atoms with Crippen LogP contribution >= 0.6 is 0 Å². The number of carbonyl (C=O) groups excluding carboxylic acids is 2. The molecule has 0 aliphatic heterocycles. The Morgan fingerprint density at radius 3 is 2.06 bits per heavy atom. The van der Waals surface area contributed by atoms with Crippen LogP contribution in [0.3, 0.4) is 0 Å². The van der Waals surface area contributed by atoms with E-state index in [0.29, 0.717) is 30.6 Å². The monoisotopic (exact) mass is 452 g/mol. The summed E-state index contributed by atoms with van der Waals surface area (Å²) in [7, 11) is 0. The highest BCUT2D eigenvalue weighted by atomic mass is 16.5. The minimum Gasteiger partial charge on any atom is -0.460 e. The van der Waals surface area contributed by atoms with E-state index in [1.807, 2.05) is 13.8 Å². The molecule has 4 fully saturated rings. The van der Waals surface area contributed by atoms with Crippen molar-refractivity contribution in [2.24, 2.45) is 45.8 Å². The Hall–Kier alpha value is -1.94. The van der Waals surface area contributed by atoms with Crippen molar-refractivity contribution >= 4 is 11.9 Å². The zero-order valence-electron chi connectivity index (χ0n) is 21.0. The lowest BCUT2D eigenvalue weighted by Crippen LogP contribution is -2.58. The molecule has 0 bridgehead atoms. The van der Waals surface area contributed by atoms with Gasteiger partial charge in [-0.25, -0.2) is 0 Å². The van der Waals surface area contributed by atoms with Gasteiger partial charge in [0, 0.05) is 23.7 Å². The maximum absolute atomic E-state index is 12.4. The van der Waals surface area contributed by atoms with E-state index in [1.54, 1.807) is 0 Å². The molecule has 0 aromatic rings. The van der Waals surface area contributed by atoms with Crippen LogP contribution in [0.5, 0.6) is 0 Å². The molecule has 33 heavy (non-hydrogen) atoms. The molecule has 10 atom stereocenters. The maximum Gasteiger partial charge on any atom is 0.305 e. The first-order chi connectivity index (χ1) is 15.6. The predicted octanol–water partition coefficient (Wildman–Crippen LogP) is 5.39. The Morgan fingerprint density at radius 1 is 0.879 bits per heavy atom. The van der Waals surface area contributed by atoms with Crippen molar-refractivity contribution in [2.75, 3.05) is 0 Å². The summed E-state index contributed by atoms with van der Waals surface area (Å²) in [5.41, 5.74) is -0.217. The van der Waals surface area contributed by atoms with Gasteiger partial charge in [0.15, 0.2) is 0 Å². The normalized spacial score (nSPS) is 47.9. The van der Waals surface area contributed by atoms with Gasteiger partial charge in [0.2, 0.25) is 0 Å². The Bertz CT molecular complexity index is 894. The Labute approximate surface area is 199 Å². The van der Waals surface area contributed by atoms with Gasteiger partial charge < -0.3 is 9.47 Å². The van der Waals surface area contributed by atoms with Crippen molar-refractivity contribution in [3.05, 3.63) is 0 Å². The summed E-state index contributed by atoms with van der Waals surface area (Å²) in [4.78, 5) is 24.7. The molecular weight excluding hydrogens is 412 g/mol. The van der Waals surface area contributed by atoms with Gasteiger partial charge in [-0.2, -0.15) is 0 Å². The number of hydrogen-bond donors (Lipinski definition) is 0. The number of carbonyl (C=O) groups is 2. The SMILES string of the molecule is C#CC1CC2C3CCC4(C)CC(C#C)C(OC(=O)CC)C4(C)C3CCC2(C)C1OC(=O)CC. The van der Waals surface area contributed by atoms with Gasteiger partial charge in [-0.15, -0.1) is 12.8 Å². The third-order valence-electron chi connectivity index (χ3n) is 10.6. The molecule has 0 aromatic heterocycles. The highest BCUT2D eigenvalue weighted by molar-refractivity contribution is 5.69. The van der Waals surface area contributed by atoms with Crippen LogP contribution in [-0.4, -0.2) is 24.1 Å². The van der Waals surface area contributed by atoms with Gasteiger partial charge in [-0.1, -0.05) is 46.5 Å². The number of hydrogen-bond acceptors (Lipinski definition) is 4. The van der Waals surface area contributed by atoms with Crippen molar-refractivity contribution in [3.63, 3.8) is 0 Å². The Balaban J connectivity index is 1.70. The molecule has 10 unspecified atom stereocenters. The minimum absolute atomic E-state index is 0.0360. The average molecular weight is 453 g/mol. The number of fused-ring (bicyclic) bond motifs is 5. The van der Waals surface area contributed by atoms with Crippen LogP contribution in [-0.2, 0) is 19.1 Å². The summed E-state index contributed by atoms with van der Waals surface area (Å²) < 4.78 is 12.1. The second-order valence-electron chi connectivity index (χ2n) is 11.8. The maximum atomic E-state index is 12.4. The number of terminal acetylenes is 2. The van der Waals surface area contributed by atoms with Gasteiger partial charge in [0.25, 0.3) is 0 Å². The first-order valence-electron chi connectivity index (χ1n) is 12.9. The zero-order chi connectivity index (χ0) is 24.2. The molecule has 4 saturated carbocycles. The number of rotatable bonds is 4. The lowest BCUT2D eigenvalue weighted by Gasteiger charge is -2.61. The summed E-state index contributed by atoms with van der Waals surface area (Å²) in [5, 5.41) is 0. The van der Waals surface area contributed by atoms with Crippen LogP contribution in [0.1, 0.15) is 86.0 Å². The third-order valence-corrected chi connectivity index (χ3v) is 10.6. The zero-order valence-corrected chi connectivity index (χ0v) is 21.0. The van der Waals surface area contributed by atoms with Gasteiger partial charge >= 0.3 is 11.9 Å². The van der Waals surface area contributed by atoms with Crippen LogP contribution in [0.25, 0.3) is 0 Å². The molecule has 4 aliphatic carbocycles. The van der Waals surface area contributed by atoms with E-state index in [4.69, 9.17) is 22.3 Å². The number of ether oxygens (including phenoxy) is 2. The largest absolute Gasteiger partial charge is 0.460 e. The third kappa shape index (κ3) is 3.35. The second-order valence-corrected chi connectivity index (χ2v) is 11.8. The van der Waals surface area contributed by atoms with Crippen LogP contribution in [0.15, 0.2) is 0 Å². The first kappa shape index (κ1) is 24.2. The standard InChI is InChI=1S/C29H40O4/c1-8-18-16-22-20-12-14-27(5)17-19(9-2)26(33-24(31)11-4)29(27,7)21(20)13-15-28(22,6)25(18)32-23(30)10-3/h1-2,18-22,25-26H,10-17H2,3-7H3. The van der Waals surface area contributed by atoms with E-state index < -0.39 is 0 Å². The Kier molecular flexibility index (Phi) is 6.14. The van der Waals surface area contributed by atoms with Gasteiger partial charge in [0.05, 0.1) is 11.8 Å². The molecule has 4 nitrogen and oxygen atoms in total. The van der Waals surface area contributed by atoms with Crippen molar-refractivity contribution in [1.29, 1.82) is 0 Å². The van der Waals surface area contributed by atoms with Gasteiger partial charge in [-0.3, -0.25) is 9.59 Å². The highest BCUT2D eigenvalue weighted by Crippen LogP contribution is 2.72. The molecular formula is C29H40O4. The summed E-state index contributed by atoms with van der Waals surface area (Å²) in [6.07, 6.45) is 18.3. The Morgan fingerprint density at radius 2 is 1.48 bits per heavy atom. The van der Waals surface area contributed by atoms with E-state index in [2.05, 4.69) is 32.6 Å². The van der Waals surface area contributed by atoms with Crippen LogP contribution in [0.2, 0.25) is 0 Å². The van der Waals surface area contributed by atoms with Crippen molar-refractivity contribution in [3.8, 4) is 24.7 Å². The van der Waals surface area contributed by atoms with E-state index >= 15 is 0 Å². The minimum atomic E-state index is -0.240. The average Bonchev–Trinajstić information content (AvgIpc) is 3.21. The fourth-order valence-corrected chi connectivity index (χ4v) is 8.70. The molecule has 0 heterocycles. The van der Waals surface area contributed by atoms with E-state index in [-0.39, 0.29) is 52.2 Å². The summed E-state index contributed by atoms with van der Waals surface area (Å²) in [6, 6.07) is 0. The molecule has 0 saturated heterocycles. The predicted molar refractivity (Wildman–Crippen MR) is 127 cm³/mol. The lowest BCUT2D eigenvalue weighted by atomic mass is 9.44. The second kappa shape index (κ2) is 8.37. The summed E-state index contributed by atoms with van der Waals surface area (Å²) in [6.45, 7) is 10.7. The van der Waals surface area contributed by atoms with Crippen molar-refractivity contribution in [1.82, 2.24) is 0 Å². The molecule has 0 spiro atoms. The van der Waals surface area contributed by atoms with Crippen LogP contribution in [0, 0.1) is 70.5 Å². The van der Waals surface area contributed by atoms with Crippen molar-refractivity contribution in [2.45, 2.75) is 98.2 Å². The van der Waals surface area contributed by atoms with E-state index in [1.165, 1.54) is 0 Å². The fourth-order valence-electron chi connectivity index (χ4n) is 8.70. The molecule has 0 amide bonds. The quantitative estimate of drug-likeness (QED) is 0.424. The lowest BCUT2D eigenvalue weighted by molar-refractivity contribution is -0.188. The smallest absolute Gasteiger partial charge is 0.305 e. The molecule has 0 aromatic carbocycles. The molecule has 4 rings (SSSR count). The summed E-state index contributed by atoms with van der Waals surface area (Å²) >= 11 is 0. The topological polar surface area (TPSA) is 52.6 Å². The number of esters is 2. The van der Waals surface area contributed by atoms with E-state index in [9.17, 15) is 9.59 Å². The fraction of sp³-hybridized carbons (Fsp3) is 0.793. The van der Waals surface area contributed by atoms with Gasteiger partial charge in [0.1, 0.15) is 12.2 Å². The first-order valence-corrected chi connectivity index (χ1v) is 12.9. The molecule has 4 heteroatoms.